The molecule has 0 aliphatic rings. The summed E-state index contributed by atoms with van der Waals surface area (Å²) in [5, 5.41) is 6.81. The van der Waals surface area contributed by atoms with E-state index in [1.54, 1.807) is 31.2 Å². The summed E-state index contributed by atoms with van der Waals surface area (Å²) in [5.74, 6) is 0.279. The maximum atomic E-state index is 11.7. The molecule has 186 valence electrons. The number of Topliss-reactive ketones (excluding diaryl/α,β-unsaturated/α-hetero) is 1. The molecule has 2 aromatic carbocycles. The summed E-state index contributed by atoms with van der Waals surface area (Å²) in [6.07, 6.45) is 1.44. The highest BCUT2D eigenvalue weighted by atomic mass is 16.5. The van der Waals surface area contributed by atoms with Crippen LogP contribution in [0.2, 0.25) is 0 Å². The monoisotopic (exact) mass is 478 g/mol. The van der Waals surface area contributed by atoms with Crippen molar-refractivity contribution in [1.82, 2.24) is 9.78 Å². The molecule has 0 fully saturated rings. The third kappa shape index (κ3) is 10.4. The van der Waals surface area contributed by atoms with Crippen molar-refractivity contribution < 1.29 is 14.3 Å². The van der Waals surface area contributed by atoms with Crippen LogP contribution in [0.3, 0.4) is 0 Å². The molecule has 0 aliphatic heterocycles. The molecular weight excluding hydrogens is 444 g/mol. The van der Waals surface area contributed by atoms with E-state index in [0.717, 1.165) is 23.2 Å². The Morgan fingerprint density at radius 2 is 1.77 bits per heavy atom. The molecule has 8 nitrogen and oxygen atoms in total. The van der Waals surface area contributed by atoms with Crippen molar-refractivity contribution in [2.45, 2.75) is 46.6 Å². The fourth-order valence-corrected chi connectivity index (χ4v) is 3.31. The minimum atomic E-state index is -0.500. The first-order chi connectivity index (χ1) is 16.8. The lowest BCUT2D eigenvalue weighted by atomic mass is 10.0. The van der Waals surface area contributed by atoms with Gasteiger partial charge in [0.2, 0.25) is 0 Å². The van der Waals surface area contributed by atoms with Gasteiger partial charge in [0.25, 0.3) is 5.56 Å². The summed E-state index contributed by atoms with van der Waals surface area (Å²) in [7, 11) is 0. The molecule has 1 amide bonds. The van der Waals surface area contributed by atoms with Crippen LogP contribution in [-0.4, -0.2) is 34.8 Å². The second-order valence-corrected chi connectivity index (χ2v) is 8.11. The van der Waals surface area contributed by atoms with Crippen LogP contribution in [0.15, 0.2) is 65.5 Å². The first-order valence-electron chi connectivity index (χ1n) is 11.7. The van der Waals surface area contributed by atoms with E-state index >= 15 is 0 Å². The number of benzene rings is 2. The van der Waals surface area contributed by atoms with E-state index in [1.165, 1.54) is 16.3 Å². The summed E-state index contributed by atoms with van der Waals surface area (Å²) in [6.45, 7) is 6.86. The molecule has 0 saturated carbocycles. The number of hydrogen-bond donors (Lipinski definition) is 2. The largest absolute Gasteiger partial charge is 0.450 e. The van der Waals surface area contributed by atoms with Crippen LogP contribution in [0.5, 0.6) is 0 Å². The van der Waals surface area contributed by atoms with E-state index in [0.29, 0.717) is 38.2 Å². The van der Waals surface area contributed by atoms with Gasteiger partial charge in [-0.3, -0.25) is 14.9 Å². The Morgan fingerprint density at radius 3 is 2.49 bits per heavy atom. The van der Waals surface area contributed by atoms with Gasteiger partial charge in [-0.05, 0) is 63.1 Å². The van der Waals surface area contributed by atoms with Crippen molar-refractivity contribution in [3.63, 3.8) is 0 Å². The molecule has 3 rings (SSSR count). The van der Waals surface area contributed by atoms with Crippen LogP contribution in [-0.2, 0) is 22.5 Å². The molecule has 3 N–H and O–H groups in total. The average Bonchev–Trinajstić information content (AvgIpc) is 2.81. The van der Waals surface area contributed by atoms with Crippen LogP contribution in [0.1, 0.15) is 42.1 Å². The number of anilines is 1. The molecule has 35 heavy (non-hydrogen) atoms. The predicted octanol–water partition coefficient (Wildman–Crippen LogP) is 4.01. The molecule has 1 aromatic heterocycles. The van der Waals surface area contributed by atoms with Crippen LogP contribution >= 0.6 is 0 Å². The topological polar surface area (TPSA) is 116 Å². The quantitative estimate of drug-likeness (QED) is 0.480. The van der Waals surface area contributed by atoms with Gasteiger partial charge in [-0.15, -0.1) is 0 Å². The smallest absolute Gasteiger partial charge is 0.411 e. The van der Waals surface area contributed by atoms with E-state index in [4.69, 9.17) is 10.5 Å². The highest BCUT2D eigenvalue weighted by molar-refractivity contribution is 5.84. The van der Waals surface area contributed by atoms with Crippen molar-refractivity contribution in [2.24, 2.45) is 5.73 Å². The maximum Gasteiger partial charge on any atom is 0.411 e. The Hall–Kier alpha value is -3.78. The summed E-state index contributed by atoms with van der Waals surface area (Å²) in [6, 6.07) is 18.5. The van der Waals surface area contributed by atoms with E-state index in [-0.39, 0.29) is 11.3 Å². The highest BCUT2D eigenvalue weighted by Gasteiger charge is 2.05. The number of carbonyl (C=O) groups is 2. The molecule has 0 bridgehead atoms. The molecule has 1 heterocycles. The number of aryl methyl sites for hydroxylation is 2. The number of nitrogens with two attached hydrogens (primary N) is 1. The predicted molar refractivity (Wildman–Crippen MR) is 138 cm³/mol. The highest BCUT2D eigenvalue weighted by Crippen LogP contribution is 2.12. The van der Waals surface area contributed by atoms with Crippen LogP contribution in [0.25, 0.3) is 0 Å². The van der Waals surface area contributed by atoms with Gasteiger partial charge in [0.05, 0.1) is 18.8 Å². The number of nitrogens with zero attached hydrogens (tertiary/aromatic N) is 2. The van der Waals surface area contributed by atoms with Crippen molar-refractivity contribution in [3.05, 3.63) is 93.4 Å². The van der Waals surface area contributed by atoms with Gasteiger partial charge in [0.15, 0.2) is 0 Å². The Kier molecular flexibility index (Phi) is 11.4. The van der Waals surface area contributed by atoms with E-state index in [1.807, 2.05) is 38.1 Å². The zero-order valence-corrected chi connectivity index (χ0v) is 20.6. The summed E-state index contributed by atoms with van der Waals surface area (Å²) in [4.78, 5) is 34.5. The standard InChI is InChI=1S/C15H17N3O3.C12H17NO/c1-3-21-15(20)16-13-6-4-5-12(9-13)10-18-14(19)8-7-11(2)17-18;1-10-4-2-5-11(8-10)9-12(14)6-3-7-13/h4-9H,3,10H2,1-2H3,(H,16,20);2,4-5,8H,3,6-7,9,13H2,1H3. The van der Waals surface area contributed by atoms with Gasteiger partial charge in [-0.25, -0.2) is 9.48 Å². The lowest BCUT2D eigenvalue weighted by molar-refractivity contribution is -0.118. The first-order valence-corrected chi connectivity index (χ1v) is 11.7. The molecular formula is C27H34N4O4. The fourth-order valence-electron chi connectivity index (χ4n) is 3.31. The Labute approximate surface area is 206 Å². The fraction of sp³-hybridized carbons (Fsp3) is 0.333. The molecule has 8 heteroatoms. The van der Waals surface area contributed by atoms with Crippen molar-refractivity contribution in [3.8, 4) is 0 Å². The molecule has 0 saturated heterocycles. The number of amides is 1. The SMILES string of the molecule is CCOC(=O)Nc1cccc(Cn2nc(C)ccc2=O)c1.Cc1cccc(CC(=O)CCCN)c1. The Bertz CT molecular complexity index is 1170. The second-order valence-electron chi connectivity index (χ2n) is 8.11. The maximum absolute atomic E-state index is 11.7. The Balaban J connectivity index is 0.000000269. The number of nitrogens with one attached hydrogen (secondary N) is 1. The summed E-state index contributed by atoms with van der Waals surface area (Å²) < 4.78 is 6.21. The number of ketones is 1. The third-order valence-corrected chi connectivity index (χ3v) is 4.92. The Morgan fingerprint density at radius 1 is 1.03 bits per heavy atom. The normalized spacial score (nSPS) is 10.2. The third-order valence-electron chi connectivity index (χ3n) is 4.92. The van der Waals surface area contributed by atoms with Crippen molar-refractivity contribution in [1.29, 1.82) is 0 Å². The minimum absolute atomic E-state index is 0.163. The lowest BCUT2D eigenvalue weighted by Gasteiger charge is -2.08. The van der Waals surface area contributed by atoms with Gasteiger partial charge in [-0.2, -0.15) is 5.10 Å². The first kappa shape index (κ1) is 27.5. The number of hydrogen-bond acceptors (Lipinski definition) is 6. The molecule has 0 radical (unpaired) electrons. The van der Waals surface area contributed by atoms with Gasteiger partial charge < -0.3 is 10.5 Å². The van der Waals surface area contributed by atoms with E-state index in [9.17, 15) is 14.4 Å². The zero-order chi connectivity index (χ0) is 25.6. The number of aromatic nitrogens is 2. The molecule has 0 spiro atoms. The molecule has 0 unspecified atom stereocenters. The van der Waals surface area contributed by atoms with Gasteiger partial charge in [0.1, 0.15) is 5.78 Å². The van der Waals surface area contributed by atoms with Crippen molar-refractivity contribution >= 4 is 17.6 Å². The summed E-state index contributed by atoms with van der Waals surface area (Å²) in [5.41, 5.74) is 9.74. The van der Waals surface area contributed by atoms with Gasteiger partial charge in [0, 0.05) is 24.6 Å². The second kappa shape index (κ2) is 14.5. The number of rotatable bonds is 9. The van der Waals surface area contributed by atoms with Crippen molar-refractivity contribution in [2.75, 3.05) is 18.5 Å². The zero-order valence-electron chi connectivity index (χ0n) is 20.6. The molecule has 3 aromatic rings. The number of ether oxygens (including phenoxy) is 1. The summed E-state index contributed by atoms with van der Waals surface area (Å²) >= 11 is 0. The van der Waals surface area contributed by atoms with Crippen LogP contribution in [0.4, 0.5) is 10.5 Å². The molecule has 0 aliphatic carbocycles. The van der Waals surface area contributed by atoms with E-state index < -0.39 is 6.09 Å². The van der Waals surface area contributed by atoms with Gasteiger partial charge in [-0.1, -0.05) is 42.0 Å². The minimum Gasteiger partial charge on any atom is -0.450 e. The molecule has 0 atom stereocenters. The van der Waals surface area contributed by atoms with Gasteiger partial charge >= 0.3 is 6.09 Å². The van der Waals surface area contributed by atoms with Crippen LogP contribution < -0.4 is 16.6 Å². The number of carbonyl (C=O) groups excluding carboxylic acids is 2. The lowest BCUT2D eigenvalue weighted by Crippen LogP contribution is -2.23. The van der Waals surface area contributed by atoms with E-state index in [2.05, 4.69) is 16.5 Å². The van der Waals surface area contributed by atoms with Crippen LogP contribution in [0, 0.1) is 13.8 Å². The average molecular weight is 479 g/mol.